The van der Waals surface area contributed by atoms with Crippen LogP contribution in [0.2, 0.25) is 0 Å². The SMILES string of the molecule is COC(=O)/C=C/C(C)c1ccc(OC(=O)c2ccc(OC)cc2)cc1. The van der Waals surface area contributed by atoms with Gasteiger partial charge in [0, 0.05) is 6.08 Å². The summed E-state index contributed by atoms with van der Waals surface area (Å²) in [6.07, 6.45) is 3.15. The fourth-order valence-corrected chi connectivity index (χ4v) is 2.13. The monoisotopic (exact) mass is 340 g/mol. The van der Waals surface area contributed by atoms with Gasteiger partial charge < -0.3 is 14.2 Å². The third-order valence-electron chi connectivity index (χ3n) is 3.66. The Morgan fingerprint density at radius 3 is 2.08 bits per heavy atom. The average molecular weight is 340 g/mol. The third-order valence-corrected chi connectivity index (χ3v) is 3.66. The second-order valence-corrected chi connectivity index (χ2v) is 5.36. The topological polar surface area (TPSA) is 61.8 Å². The molecular formula is C20H20O5. The highest BCUT2D eigenvalue weighted by Gasteiger charge is 2.09. The number of esters is 2. The van der Waals surface area contributed by atoms with Gasteiger partial charge in [0.05, 0.1) is 19.8 Å². The van der Waals surface area contributed by atoms with E-state index in [1.807, 2.05) is 19.1 Å². The summed E-state index contributed by atoms with van der Waals surface area (Å²) in [7, 11) is 2.90. The molecule has 0 saturated heterocycles. The molecule has 5 nitrogen and oxygen atoms in total. The molecule has 0 aliphatic carbocycles. The first-order chi connectivity index (χ1) is 12.0. The Hall–Kier alpha value is -3.08. The summed E-state index contributed by atoms with van der Waals surface area (Å²) in [6.45, 7) is 1.96. The summed E-state index contributed by atoms with van der Waals surface area (Å²) in [5.74, 6) is 0.333. The molecule has 2 aromatic rings. The summed E-state index contributed by atoms with van der Waals surface area (Å²) >= 11 is 0. The zero-order valence-electron chi connectivity index (χ0n) is 14.4. The minimum absolute atomic E-state index is 0.0328. The van der Waals surface area contributed by atoms with Gasteiger partial charge in [-0.05, 0) is 47.9 Å². The van der Waals surface area contributed by atoms with Crippen LogP contribution < -0.4 is 9.47 Å². The van der Waals surface area contributed by atoms with E-state index in [4.69, 9.17) is 9.47 Å². The number of methoxy groups -OCH3 is 2. The number of allylic oxidation sites excluding steroid dienone is 1. The molecule has 25 heavy (non-hydrogen) atoms. The quantitative estimate of drug-likeness (QED) is 0.455. The molecule has 0 heterocycles. The molecule has 0 aliphatic rings. The van der Waals surface area contributed by atoms with Crippen LogP contribution in [0, 0.1) is 0 Å². The minimum atomic E-state index is -0.436. The van der Waals surface area contributed by atoms with E-state index >= 15 is 0 Å². The molecule has 0 saturated carbocycles. The highest BCUT2D eigenvalue weighted by molar-refractivity contribution is 5.91. The Balaban J connectivity index is 2.00. The molecule has 2 rings (SSSR count). The minimum Gasteiger partial charge on any atom is -0.497 e. The van der Waals surface area contributed by atoms with E-state index in [2.05, 4.69) is 4.74 Å². The maximum atomic E-state index is 12.1. The second-order valence-electron chi connectivity index (χ2n) is 5.36. The molecule has 0 fully saturated rings. The van der Waals surface area contributed by atoms with Crippen molar-refractivity contribution in [2.24, 2.45) is 0 Å². The summed E-state index contributed by atoms with van der Waals surface area (Å²) in [4.78, 5) is 23.2. The summed E-state index contributed by atoms with van der Waals surface area (Å²) in [5.41, 5.74) is 1.43. The molecule has 0 radical (unpaired) electrons. The average Bonchev–Trinajstić information content (AvgIpc) is 2.66. The number of rotatable bonds is 6. The Kier molecular flexibility index (Phi) is 6.34. The van der Waals surface area contributed by atoms with Gasteiger partial charge in [-0.3, -0.25) is 0 Å². The molecule has 0 spiro atoms. The van der Waals surface area contributed by atoms with Crippen molar-refractivity contribution >= 4 is 11.9 Å². The predicted molar refractivity (Wildman–Crippen MR) is 94.0 cm³/mol. The van der Waals surface area contributed by atoms with Crippen molar-refractivity contribution in [2.45, 2.75) is 12.8 Å². The first kappa shape index (κ1) is 18.3. The van der Waals surface area contributed by atoms with Crippen LogP contribution in [0.1, 0.15) is 28.8 Å². The number of hydrogen-bond acceptors (Lipinski definition) is 5. The Labute approximate surface area is 146 Å². The lowest BCUT2D eigenvalue weighted by Crippen LogP contribution is -2.08. The fraction of sp³-hybridized carbons (Fsp3) is 0.200. The number of hydrogen-bond donors (Lipinski definition) is 0. The van der Waals surface area contributed by atoms with Gasteiger partial charge in [-0.1, -0.05) is 25.1 Å². The van der Waals surface area contributed by atoms with Gasteiger partial charge in [-0.15, -0.1) is 0 Å². The first-order valence-corrected chi connectivity index (χ1v) is 7.76. The Morgan fingerprint density at radius 2 is 1.52 bits per heavy atom. The smallest absolute Gasteiger partial charge is 0.343 e. The van der Waals surface area contributed by atoms with E-state index in [-0.39, 0.29) is 5.92 Å². The Bertz CT molecular complexity index is 745. The van der Waals surface area contributed by atoms with Crippen molar-refractivity contribution in [1.82, 2.24) is 0 Å². The number of benzene rings is 2. The summed E-state index contributed by atoms with van der Waals surface area (Å²) < 4.78 is 15.0. The number of ether oxygens (including phenoxy) is 3. The van der Waals surface area contributed by atoms with Crippen molar-refractivity contribution in [3.05, 3.63) is 71.8 Å². The van der Waals surface area contributed by atoms with Gasteiger partial charge in [0.1, 0.15) is 11.5 Å². The third kappa shape index (κ3) is 5.21. The van der Waals surface area contributed by atoms with Crippen molar-refractivity contribution < 1.29 is 23.8 Å². The molecule has 2 aromatic carbocycles. The van der Waals surface area contributed by atoms with E-state index in [9.17, 15) is 9.59 Å². The van der Waals surface area contributed by atoms with Gasteiger partial charge in [0.2, 0.25) is 0 Å². The van der Waals surface area contributed by atoms with Crippen molar-refractivity contribution in [3.8, 4) is 11.5 Å². The van der Waals surface area contributed by atoms with Crippen LogP contribution in [-0.2, 0) is 9.53 Å². The lowest BCUT2D eigenvalue weighted by atomic mass is 10.0. The highest BCUT2D eigenvalue weighted by atomic mass is 16.5. The van der Waals surface area contributed by atoms with E-state index in [1.165, 1.54) is 13.2 Å². The second kappa shape index (κ2) is 8.68. The van der Waals surface area contributed by atoms with Crippen LogP contribution in [0.15, 0.2) is 60.7 Å². The van der Waals surface area contributed by atoms with Crippen LogP contribution in [-0.4, -0.2) is 26.2 Å². The standard InChI is InChI=1S/C20H20O5/c1-14(4-13-19(21)24-3)15-5-11-18(12-6-15)25-20(22)16-7-9-17(23-2)10-8-16/h4-14H,1-3H3/b13-4+. The van der Waals surface area contributed by atoms with E-state index in [1.54, 1.807) is 49.6 Å². The Morgan fingerprint density at radius 1 is 0.920 bits per heavy atom. The van der Waals surface area contributed by atoms with Crippen LogP contribution in [0.3, 0.4) is 0 Å². The molecule has 130 valence electrons. The number of carbonyl (C=O) groups is 2. The van der Waals surface area contributed by atoms with E-state index < -0.39 is 11.9 Å². The molecule has 0 bridgehead atoms. The first-order valence-electron chi connectivity index (χ1n) is 7.76. The fourth-order valence-electron chi connectivity index (χ4n) is 2.13. The summed E-state index contributed by atoms with van der Waals surface area (Å²) in [6, 6.07) is 13.8. The molecule has 1 unspecified atom stereocenters. The van der Waals surface area contributed by atoms with Gasteiger partial charge in [0.15, 0.2) is 0 Å². The molecule has 5 heteroatoms. The molecule has 0 amide bonds. The molecule has 0 aromatic heterocycles. The zero-order chi connectivity index (χ0) is 18.2. The predicted octanol–water partition coefficient (Wildman–Crippen LogP) is 3.75. The van der Waals surface area contributed by atoms with Gasteiger partial charge in [0.25, 0.3) is 0 Å². The zero-order valence-corrected chi connectivity index (χ0v) is 14.4. The molecular weight excluding hydrogens is 320 g/mol. The number of carbonyl (C=O) groups excluding carboxylic acids is 2. The maximum absolute atomic E-state index is 12.1. The van der Waals surface area contributed by atoms with E-state index in [0.29, 0.717) is 17.1 Å². The maximum Gasteiger partial charge on any atom is 0.343 e. The molecule has 0 aliphatic heterocycles. The molecule has 1 atom stereocenters. The van der Waals surface area contributed by atoms with Crippen molar-refractivity contribution in [2.75, 3.05) is 14.2 Å². The lowest BCUT2D eigenvalue weighted by Gasteiger charge is -2.09. The largest absolute Gasteiger partial charge is 0.497 e. The van der Waals surface area contributed by atoms with Crippen LogP contribution >= 0.6 is 0 Å². The van der Waals surface area contributed by atoms with Gasteiger partial charge in [-0.2, -0.15) is 0 Å². The lowest BCUT2D eigenvalue weighted by molar-refractivity contribution is -0.134. The van der Waals surface area contributed by atoms with Gasteiger partial charge in [-0.25, -0.2) is 9.59 Å². The normalized spacial score (nSPS) is 11.8. The van der Waals surface area contributed by atoms with Crippen LogP contribution in [0.25, 0.3) is 0 Å². The highest BCUT2D eigenvalue weighted by Crippen LogP contribution is 2.21. The van der Waals surface area contributed by atoms with Gasteiger partial charge >= 0.3 is 11.9 Å². The van der Waals surface area contributed by atoms with E-state index in [0.717, 1.165) is 5.56 Å². The van der Waals surface area contributed by atoms with Crippen molar-refractivity contribution in [1.29, 1.82) is 0 Å². The summed E-state index contributed by atoms with van der Waals surface area (Å²) in [5, 5.41) is 0. The molecule has 0 N–H and O–H groups in total. The van der Waals surface area contributed by atoms with Crippen molar-refractivity contribution in [3.63, 3.8) is 0 Å². The van der Waals surface area contributed by atoms with Crippen LogP contribution in [0.4, 0.5) is 0 Å². The van der Waals surface area contributed by atoms with Crippen LogP contribution in [0.5, 0.6) is 11.5 Å².